The van der Waals surface area contributed by atoms with E-state index in [0.717, 1.165) is 17.6 Å². The fourth-order valence-corrected chi connectivity index (χ4v) is 1.33. The zero-order chi connectivity index (χ0) is 13.4. The Morgan fingerprint density at radius 1 is 1.22 bits per heavy atom. The largest absolute Gasteiger partial charge is 0.493 e. The molecule has 0 aliphatic carbocycles. The van der Waals surface area contributed by atoms with Crippen LogP contribution in [0.5, 0.6) is 0 Å². The van der Waals surface area contributed by atoms with Crippen molar-refractivity contribution in [1.82, 2.24) is 0 Å². The van der Waals surface area contributed by atoms with E-state index < -0.39 is 0 Å². The summed E-state index contributed by atoms with van der Waals surface area (Å²) in [5, 5.41) is 0. The van der Waals surface area contributed by atoms with Crippen LogP contribution in [-0.2, 0) is 16.1 Å². The van der Waals surface area contributed by atoms with Gasteiger partial charge in [-0.15, -0.1) is 0 Å². The van der Waals surface area contributed by atoms with Gasteiger partial charge in [0.1, 0.15) is 6.61 Å². The van der Waals surface area contributed by atoms with E-state index in [1.165, 1.54) is 0 Å². The molecule has 0 saturated heterocycles. The Labute approximate surface area is 109 Å². The average molecular weight is 244 g/mol. The lowest BCUT2D eigenvalue weighted by atomic mass is 10.2. The molecule has 2 nitrogen and oxygen atoms in total. The highest BCUT2D eigenvalue weighted by Crippen LogP contribution is 2.16. The third kappa shape index (κ3) is 4.50. The molecule has 0 fully saturated rings. The molecule has 0 aromatic heterocycles. The van der Waals surface area contributed by atoms with Crippen molar-refractivity contribution in [3.63, 3.8) is 0 Å². The lowest BCUT2D eigenvalue weighted by molar-refractivity contribution is 0.166. The summed E-state index contributed by atoms with van der Waals surface area (Å²) >= 11 is 0. The first kappa shape index (κ1) is 14.1. The van der Waals surface area contributed by atoms with Crippen LogP contribution < -0.4 is 0 Å². The van der Waals surface area contributed by atoms with E-state index in [1.54, 1.807) is 7.11 Å². The van der Waals surface area contributed by atoms with Gasteiger partial charge >= 0.3 is 0 Å². The van der Waals surface area contributed by atoms with Crippen LogP contribution in [0.1, 0.15) is 18.9 Å². The van der Waals surface area contributed by atoms with Crippen LogP contribution >= 0.6 is 0 Å². The molecule has 0 amide bonds. The highest BCUT2D eigenvalue weighted by atomic mass is 16.5. The highest BCUT2D eigenvalue weighted by Gasteiger charge is 2.05. The van der Waals surface area contributed by atoms with Gasteiger partial charge in [0, 0.05) is 0 Å². The van der Waals surface area contributed by atoms with E-state index in [0.29, 0.717) is 18.1 Å². The van der Waals surface area contributed by atoms with Crippen LogP contribution in [0.3, 0.4) is 0 Å². The molecule has 0 saturated carbocycles. The summed E-state index contributed by atoms with van der Waals surface area (Å²) in [5.41, 5.74) is 2.09. The molecular weight excluding hydrogens is 224 g/mol. The minimum Gasteiger partial charge on any atom is -0.493 e. The molecule has 0 atom stereocenters. The van der Waals surface area contributed by atoms with Gasteiger partial charge in [-0.2, -0.15) is 0 Å². The maximum absolute atomic E-state index is 5.73. The molecule has 1 rings (SSSR count). The molecule has 1 aromatic carbocycles. The van der Waals surface area contributed by atoms with E-state index in [2.05, 4.69) is 13.2 Å². The molecule has 2 heteroatoms. The number of ether oxygens (including phenoxy) is 2. The molecule has 0 bridgehead atoms. The standard InChI is InChI=1S/C16H20O2/c1-5-13(2)11-16(14(3)17-4)18-12-15-9-7-6-8-10-15/h6-11H,2-3,5,12H2,1,4H3/b16-11+. The van der Waals surface area contributed by atoms with Gasteiger partial charge in [-0.05, 0) is 18.1 Å². The summed E-state index contributed by atoms with van der Waals surface area (Å²) in [7, 11) is 1.58. The lowest BCUT2D eigenvalue weighted by Crippen LogP contribution is -1.99. The molecule has 0 aliphatic rings. The molecule has 18 heavy (non-hydrogen) atoms. The molecule has 1 aromatic rings. The Kier molecular flexibility index (Phi) is 5.78. The summed E-state index contributed by atoms with van der Waals surface area (Å²) in [6, 6.07) is 9.98. The number of benzene rings is 1. The normalized spacial score (nSPS) is 10.9. The summed E-state index contributed by atoms with van der Waals surface area (Å²) in [6.07, 6.45) is 2.74. The second-order valence-corrected chi connectivity index (χ2v) is 3.92. The summed E-state index contributed by atoms with van der Waals surface area (Å²) in [4.78, 5) is 0. The number of methoxy groups -OCH3 is 1. The number of rotatable bonds is 7. The predicted octanol–water partition coefficient (Wildman–Crippen LogP) is 4.21. The van der Waals surface area contributed by atoms with Gasteiger partial charge in [0.25, 0.3) is 0 Å². The van der Waals surface area contributed by atoms with Crippen molar-refractivity contribution in [2.75, 3.05) is 7.11 Å². The minimum atomic E-state index is 0.492. The second kappa shape index (κ2) is 7.38. The molecule has 0 N–H and O–H groups in total. The zero-order valence-corrected chi connectivity index (χ0v) is 11.1. The van der Waals surface area contributed by atoms with Gasteiger partial charge in [0.2, 0.25) is 0 Å². The maximum Gasteiger partial charge on any atom is 0.161 e. The topological polar surface area (TPSA) is 18.5 Å². The van der Waals surface area contributed by atoms with Crippen LogP contribution in [-0.4, -0.2) is 7.11 Å². The van der Waals surface area contributed by atoms with Gasteiger partial charge in [-0.1, -0.05) is 56.0 Å². The zero-order valence-electron chi connectivity index (χ0n) is 11.1. The fourth-order valence-electron chi connectivity index (χ4n) is 1.33. The van der Waals surface area contributed by atoms with Crippen LogP contribution in [0.4, 0.5) is 0 Å². The Hall–Kier alpha value is -1.96. The van der Waals surface area contributed by atoms with E-state index in [1.807, 2.05) is 43.3 Å². The Balaban J connectivity index is 2.71. The third-order valence-electron chi connectivity index (χ3n) is 2.55. The van der Waals surface area contributed by atoms with Crippen molar-refractivity contribution in [3.8, 4) is 0 Å². The Morgan fingerprint density at radius 2 is 1.89 bits per heavy atom. The van der Waals surface area contributed by atoms with Crippen molar-refractivity contribution < 1.29 is 9.47 Å². The second-order valence-electron chi connectivity index (χ2n) is 3.92. The number of allylic oxidation sites excluding steroid dienone is 2. The first-order valence-corrected chi connectivity index (χ1v) is 5.96. The van der Waals surface area contributed by atoms with Crippen molar-refractivity contribution >= 4 is 0 Å². The van der Waals surface area contributed by atoms with Crippen molar-refractivity contribution in [3.05, 3.63) is 72.2 Å². The molecule has 0 aliphatic heterocycles. The number of hydrogen-bond donors (Lipinski definition) is 0. The lowest BCUT2D eigenvalue weighted by Gasteiger charge is -2.12. The Morgan fingerprint density at radius 3 is 2.44 bits per heavy atom. The van der Waals surface area contributed by atoms with Crippen LogP contribution in [0.25, 0.3) is 0 Å². The van der Waals surface area contributed by atoms with E-state index in [9.17, 15) is 0 Å². The van der Waals surface area contributed by atoms with Crippen molar-refractivity contribution in [2.24, 2.45) is 0 Å². The molecule has 96 valence electrons. The first-order chi connectivity index (χ1) is 8.67. The minimum absolute atomic E-state index is 0.492. The number of hydrogen-bond acceptors (Lipinski definition) is 2. The Bertz CT molecular complexity index is 430. The van der Waals surface area contributed by atoms with E-state index >= 15 is 0 Å². The summed E-state index contributed by atoms with van der Waals surface area (Å²) in [6.45, 7) is 10.3. The smallest absolute Gasteiger partial charge is 0.161 e. The first-order valence-electron chi connectivity index (χ1n) is 5.96. The third-order valence-corrected chi connectivity index (χ3v) is 2.55. The van der Waals surface area contributed by atoms with Crippen molar-refractivity contribution in [1.29, 1.82) is 0 Å². The molecular formula is C16H20O2. The molecule has 0 radical (unpaired) electrons. The summed E-state index contributed by atoms with van der Waals surface area (Å²) in [5.74, 6) is 1.15. The van der Waals surface area contributed by atoms with Gasteiger partial charge in [-0.3, -0.25) is 0 Å². The maximum atomic E-state index is 5.73. The monoisotopic (exact) mass is 244 g/mol. The molecule has 0 spiro atoms. The van der Waals surface area contributed by atoms with Gasteiger partial charge < -0.3 is 9.47 Å². The van der Waals surface area contributed by atoms with Crippen LogP contribution in [0.15, 0.2) is 66.7 Å². The predicted molar refractivity (Wildman–Crippen MR) is 74.9 cm³/mol. The van der Waals surface area contributed by atoms with Crippen LogP contribution in [0, 0.1) is 0 Å². The summed E-state index contributed by atoms with van der Waals surface area (Å²) < 4.78 is 10.8. The quantitative estimate of drug-likeness (QED) is 0.528. The average Bonchev–Trinajstić information content (AvgIpc) is 2.43. The molecule has 0 unspecified atom stereocenters. The van der Waals surface area contributed by atoms with Gasteiger partial charge in [-0.25, -0.2) is 0 Å². The van der Waals surface area contributed by atoms with Crippen molar-refractivity contribution in [2.45, 2.75) is 20.0 Å². The SMILES string of the molecule is C=C(/C=C(/OCc1ccccc1)C(=C)OC)CC. The van der Waals surface area contributed by atoms with E-state index in [4.69, 9.17) is 9.47 Å². The van der Waals surface area contributed by atoms with Crippen LogP contribution in [0.2, 0.25) is 0 Å². The van der Waals surface area contributed by atoms with Gasteiger partial charge in [0.15, 0.2) is 11.5 Å². The van der Waals surface area contributed by atoms with E-state index in [-0.39, 0.29) is 0 Å². The van der Waals surface area contributed by atoms with Gasteiger partial charge in [0.05, 0.1) is 7.11 Å². The molecule has 0 heterocycles. The fraction of sp³-hybridized carbons (Fsp3) is 0.250. The highest BCUT2D eigenvalue weighted by molar-refractivity contribution is 5.27.